The number of rotatable bonds is 4. The largest absolute Gasteiger partial charge is 0.372 e. The second-order valence-electron chi connectivity index (χ2n) is 5.32. The van der Waals surface area contributed by atoms with Gasteiger partial charge in [-0.1, -0.05) is 13.8 Å². The lowest BCUT2D eigenvalue weighted by molar-refractivity contribution is -0.00523. The monoisotopic (exact) mass is 269 g/mol. The van der Waals surface area contributed by atoms with Crippen molar-refractivity contribution in [3.63, 3.8) is 0 Å². The van der Waals surface area contributed by atoms with Crippen LogP contribution in [-0.4, -0.2) is 36.3 Å². The molecular weight excluding hydrogens is 246 g/mol. The molecule has 0 aromatic carbocycles. The fraction of sp³-hybridized carbons (Fsp3) is 0.769. The van der Waals surface area contributed by atoms with Gasteiger partial charge in [-0.15, -0.1) is 11.3 Å². The van der Waals surface area contributed by atoms with Crippen LogP contribution < -0.4 is 10.2 Å². The van der Waals surface area contributed by atoms with E-state index in [0.717, 1.165) is 30.5 Å². The molecule has 2 atom stereocenters. The van der Waals surface area contributed by atoms with E-state index in [0.29, 0.717) is 6.04 Å². The molecule has 0 radical (unpaired) electrons. The molecule has 1 N–H and O–H groups in total. The van der Waals surface area contributed by atoms with Gasteiger partial charge in [0.2, 0.25) is 0 Å². The van der Waals surface area contributed by atoms with E-state index >= 15 is 0 Å². The van der Waals surface area contributed by atoms with Crippen LogP contribution in [0.2, 0.25) is 0 Å². The highest BCUT2D eigenvalue weighted by Crippen LogP contribution is 2.24. The molecule has 2 unspecified atom stereocenters. The number of aromatic nitrogens is 1. The molecule has 0 spiro atoms. The van der Waals surface area contributed by atoms with E-state index in [1.54, 1.807) is 11.3 Å². The SMILES string of the molecule is CC(C)NCc1csc(N2CC(C)OC(C)C2)n1. The fourth-order valence-electron chi connectivity index (χ4n) is 2.17. The van der Waals surface area contributed by atoms with E-state index in [4.69, 9.17) is 9.72 Å². The molecule has 1 saturated heterocycles. The highest BCUT2D eigenvalue weighted by molar-refractivity contribution is 7.13. The van der Waals surface area contributed by atoms with E-state index in [1.165, 1.54) is 0 Å². The number of morpholine rings is 1. The lowest BCUT2D eigenvalue weighted by Gasteiger charge is -2.35. The lowest BCUT2D eigenvalue weighted by Crippen LogP contribution is -2.45. The maximum atomic E-state index is 5.75. The summed E-state index contributed by atoms with van der Waals surface area (Å²) < 4.78 is 5.75. The van der Waals surface area contributed by atoms with Gasteiger partial charge < -0.3 is 15.0 Å². The molecule has 18 heavy (non-hydrogen) atoms. The number of anilines is 1. The van der Waals surface area contributed by atoms with E-state index in [2.05, 4.69) is 43.3 Å². The van der Waals surface area contributed by atoms with Crippen molar-refractivity contribution in [2.24, 2.45) is 0 Å². The Bertz CT molecular complexity index is 370. The summed E-state index contributed by atoms with van der Waals surface area (Å²) in [7, 11) is 0. The molecule has 1 aliphatic heterocycles. The molecular formula is C13H23N3OS. The van der Waals surface area contributed by atoms with Crippen molar-refractivity contribution in [2.75, 3.05) is 18.0 Å². The minimum absolute atomic E-state index is 0.287. The zero-order valence-electron chi connectivity index (χ0n) is 11.6. The third kappa shape index (κ3) is 3.67. The van der Waals surface area contributed by atoms with E-state index in [-0.39, 0.29) is 12.2 Å². The van der Waals surface area contributed by atoms with Crippen LogP contribution in [0.25, 0.3) is 0 Å². The van der Waals surface area contributed by atoms with Crippen molar-refractivity contribution in [2.45, 2.75) is 52.5 Å². The number of hydrogen-bond acceptors (Lipinski definition) is 5. The Balaban J connectivity index is 1.96. The molecule has 1 fully saturated rings. The molecule has 0 aliphatic carbocycles. The van der Waals surface area contributed by atoms with Gasteiger partial charge in [-0.25, -0.2) is 4.98 Å². The first kappa shape index (κ1) is 13.8. The number of ether oxygens (including phenoxy) is 1. The van der Waals surface area contributed by atoms with Gasteiger partial charge in [0.15, 0.2) is 5.13 Å². The summed E-state index contributed by atoms with van der Waals surface area (Å²) in [5.74, 6) is 0. The van der Waals surface area contributed by atoms with Gasteiger partial charge in [-0.3, -0.25) is 0 Å². The van der Waals surface area contributed by atoms with Crippen molar-refractivity contribution in [3.05, 3.63) is 11.1 Å². The highest BCUT2D eigenvalue weighted by Gasteiger charge is 2.24. The summed E-state index contributed by atoms with van der Waals surface area (Å²) >= 11 is 1.73. The maximum absolute atomic E-state index is 5.75. The topological polar surface area (TPSA) is 37.4 Å². The fourth-order valence-corrected chi connectivity index (χ4v) is 3.01. The lowest BCUT2D eigenvalue weighted by atomic mass is 10.2. The van der Waals surface area contributed by atoms with Gasteiger partial charge in [0.05, 0.1) is 17.9 Å². The number of hydrogen-bond donors (Lipinski definition) is 1. The van der Waals surface area contributed by atoms with Crippen LogP contribution in [0.5, 0.6) is 0 Å². The first-order valence-electron chi connectivity index (χ1n) is 6.62. The Labute approximate surface area is 113 Å². The predicted octanol–water partition coefficient (Wildman–Crippen LogP) is 2.25. The van der Waals surface area contributed by atoms with Crippen molar-refractivity contribution in [1.29, 1.82) is 0 Å². The zero-order valence-corrected chi connectivity index (χ0v) is 12.5. The van der Waals surface area contributed by atoms with Gasteiger partial charge in [0.25, 0.3) is 0 Å². The van der Waals surface area contributed by atoms with Crippen LogP contribution in [0.4, 0.5) is 5.13 Å². The average molecular weight is 269 g/mol. The van der Waals surface area contributed by atoms with Gasteiger partial charge in [0.1, 0.15) is 0 Å². The third-order valence-corrected chi connectivity index (χ3v) is 3.87. The van der Waals surface area contributed by atoms with E-state index < -0.39 is 0 Å². The normalized spacial score (nSPS) is 24.8. The number of nitrogens with zero attached hydrogens (tertiary/aromatic N) is 2. The average Bonchev–Trinajstić information content (AvgIpc) is 2.73. The number of nitrogens with one attached hydrogen (secondary N) is 1. The molecule has 0 amide bonds. The molecule has 1 aromatic rings. The van der Waals surface area contributed by atoms with Gasteiger partial charge >= 0.3 is 0 Å². The first-order valence-corrected chi connectivity index (χ1v) is 7.50. The second-order valence-corrected chi connectivity index (χ2v) is 6.16. The van der Waals surface area contributed by atoms with Crippen LogP contribution in [-0.2, 0) is 11.3 Å². The minimum atomic E-state index is 0.287. The van der Waals surface area contributed by atoms with Crippen molar-refractivity contribution in [1.82, 2.24) is 10.3 Å². The maximum Gasteiger partial charge on any atom is 0.185 e. The standard InChI is InChI=1S/C13H23N3OS/c1-9(2)14-5-12-8-18-13(15-12)16-6-10(3)17-11(4)7-16/h8-11,14H,5-7H2,1-4H3. The van der Waals surface area contributed by atoms with Crippen LogP contribution in [0.15, 0.2) is 5.38 Å². The molecule has 1 aliphatic rings. The highest BCUT2D eigenvalue weighted by atomic mass is 32.1. The summed E-state index contributed by atoms with van der Waals surface area (Å²) in [6.07, 6.45) is 0.574. The molecule has 2 heterocycles. The molecule has 0 bridgehead atoms. The summed E-state index contributed by atoms with van der Waals surface area (Å²) in [6, 6.07) is 0.499. The van der Waals surface area contributed by atoms with Crippen LogP contribution in [0.1, 0.15) is 33.4 Å². The minimum Gasteiger partial charge on any atom is -0.372 e. The molecule has 0 saturated carbocycles. The van der Waals surface area contributed by atoms with Crippen molar-refractivity contribution in [3.8, 4) is 0 Å². The van der Waals surface area contributed by atoms with Crippen LogP contribution in [0, 0.1) is 0 Å². The van der Waals surface area contributed by atoms with E-state index in [1.807, 2.05) is 0 Å². The Hall–Kier alpha value is -0.650. The summed E-state index contributed by atoms with van der Waals surface area (Å²) in [5, 5.41) is 6.67. The summed E-state index contributed by atoms with van der Waals surface area (Å²) in [4.78, 5) is 7.04. The van der Waals surface area contributed by atoms with Crippen molar-refractivity contribution >= 4 is 16.5 Å². The summed E-state index contributed by atoms with van der Waals surface area (Å²) in [5.41, 5.74) is 1.13. The Morgan fingerprint density at radius 1 is 1.44 bits per heavy atom. The van der Waals surface area contributed by atoms with Gasteiger partial charge in [-0.2, -0.15) is 0 Å². The van der Waals surface area contributed by atoms with Gasteiger partial charge in [0, 0.05) is 31.1 Å². The summed E-state index contributed by atoms with van der Waals surface area (Å²) in [6.45, 7) is 11.3. The molecule has 4 nitrogen and oxygen atoms in total. The Kier molecular flexibility index (Phi) is 4.59. The second kappa shape index (κ2) is 5.99. The quantitative estimate of drug-likeness (QED) is 0.910. The third-order valence-electron chi connectivity index (χ3n) is 2.92. The first-order chi connectivity index (χ1) is 8.54. The Morgan fingerprint density at radius 3 is 2.72 bits per heavy atom. The van der Waals surface area contributed by atoms with Crippen molar-refractivity contribution < 1.29 is 4.74 Å². The van der Waals surface area contributed by atoms with E-state index in [9.17, 15) is 0 Å². The molecule has 2 rings (SSSR count). The molecule has 1 aromatic heterocycles. The van der Waals surface area contributed by atoms with Gasteiger partial charge in [-0.05, 0) is 13.8 Å². The zero-order chi connectivity index (χ0) is 13.1. The smallest absolute Gasteiger partial charge is 0.185 e. The molecule has 5 heteroatoms. The molecule has 102 valence electrons. The predicted molar refractivity (Wildman–Crippen MR) is 76.3 cm³/mol. The number of thiazole rings is 1. The van der Waals surface area contributed by atoms with Crippen LogP contribution in [0.3, 0.4) is 0 Å². The Morgan fingerprint density at radius 2 is 2.11 bits per heavy atom. The van der Waals surface area contributed by atoms with Crippen LogP contribution >= 0.6 is 11.3 Å².